The zero-order valence-corrected chi connectivity index (χ0v) is 26.6. The smallest absolute Gasteiger partial charge is 0.264 e. The summed E-state index contributed by atoms with van der Waals surface area (Å²) in [6.07, 6.45) is 4.16. The second-order valence-electron chi connectivity index (χ2n) is 10.4. The molecule has 1 aliphatic carbocycles. The third-order valence-electron chi connectivity index (χ3n) is 7.49. The van der Waals surface area contributed by atoms with Gasteiger partial charge in [0.2, 0.25) is 11.8 Å². The van der Waals surface area contributed by atoms with Crippen molar-refractivity contribution in [1.29, 1.82) is 0 Å². The predicted octanol–water partition coefficient (Wildman–Crippen LogP) is 7.02. The number of hydrogen-bond acceptors (Lipinski definition) is 4. The van der Waals surface area contributed by atoms with E-state index < -0.39 is 28.5 Å². The van der Waals surface area contributed by atoms with Gasteiger partial charge < -0.3 is 10.2 Å². The highest BCUT2D eigenvalue weighted by molar-refractivity contribution is 7.92. The molecule has 0 aromatic heterocycles. The summed E-state index contributed by atoms with van der Waals surface area (Å²) in [5.74, 6) is -0.840. The van der Waals surface area contributed by atoms with Gasteiger partial charge in [0.05, 0.1) is 10.6 Å². The molecule has 0 unspecified atom stereocenters. The fourth-order valence-corrected chi connectivity index (χ4v) is 7.33. The maximum Gasteiger partial charge on any atom is 0.264 e. The van der Waals surface area contributed by atoms with Crippen LogP contribution in [0.3, 0.4) is 0 Å². The van der Waals surface area contributed by atoms with Crippen molar-refractivity contribution in [1.82, 2.24) is 10.2 Å². The van der Waals surface area contributed by atoms with Crippen LogP contribution in [0.15, 0.2) is 71.6 Å². The Kier molecular flexibility index (Phi) is 10.8. The Hall–Kier alpha value is -2.78. The molecule has 42 heavy (non-hydrogen) atoms. The minimum atomic E-state index is -4.20. The first-order valence-electron chi connectivity index (χ1n) is 13.9. The van der Waals surface area contributed by atoms with E-state index in [-0.39, 0.29) is 29.1 Å². The summed E-state index contributed by atoms with van der Waals surface area (Å²) >= 11 is 18.9. The quantitative estimate of drug-likeness (QED) is 0.242. The Labute approximate surface area is 262 Å². The van der Waals surface area contributed by atoms with Crippen LogP contribution in [-0.2, 0) is 26.2 Å². The number of nitrogens with one attached hydrogen (secondary N) is 1. The summed E-state index contributed by atoms with van der Waals surface area (Å²) < 4.78 is 29.1. The molecule has 4 rings (SSSR count). The topological polar surface area (TPSA) is 86.8 Å². The van der Waals surface area contributed by atoms with Crippen LogP contribution in [0.1, 0.15) is 50.2 Å². The van der Waals surface area contributed by atoms with Gasteiger partial charge in [0.15, 0.2) is 0 Å². The SMILES string of the molecule is CC[C@@H](C(=O)NC1CCCC1)N(Cc1ccc(Cl)cc1Cl)C(=O)CN(c1cc(Cl)ccc1C)S(=O)(=O)c1ccccc1. The van der Waals surface area contributed by atoms with E-state index >= 15 is 0 Å². The molecule has 1 N–H and O–H groups in total. The number of carbonyl (C=O) groups excluding carboxylic acids is 2. The summed E-state index contributed by atoms with van der Waals surface area (Å²) in [7, 11) is -4.20. The van der Waals surface area contributed by atoms with Crippen LogP contribution in [0.5, 0.6) is 0 Å². The van der Waals surface area contributed by atoms with Crippen molar-refractivity contribution >= 4 is 62.3 Å². The van der Waals surface area contributed by atoms with Crippen molar-refractivity contribution in [3.05, 3.63) is 92.9 Å². The number of benzene rings is 3. The predicted molar refractivity (Wildman–Crippen MR) is 169 cm³/mol. The number of sulfonamides is 1. The summed E-state index contributed by atoms with van der Waals surface area (Å²) in [5.41, 5.74) is 1.47. The van der Waals surface area contributed by atoms with Gasteiger partial charge in [0, 0.05) is 27.7 Å². The summed E-state index contributed by atoms with van der Waals surface area (Å²) in [4.78, 5) is 29.3. The summed E-state index contributed by atoms with van der Waals surface area (Å²) in [6.45, 7) is 3.00. The Bertz CT molecular complexity index is 1530. The molecule has 0 bridgehead atoms. The lowest BCUT2D eigenvalue weighted by Gasteiger charge is -2.34. The molecule has 11 heteroatoms. The van der Waals surface area contributed by atoms with Crippen LogP contribution in [0, 0.1) is 6.92 Å². The van der Waals surface area contributed by atoms with E-state index in [0.717, 1.165) is 30.0 Å². The lowest BCUT2D eigenvalue weighted by molar-refractivity contribution is -0.140. The third kappa shape index (κ3) is 7.59. The standard InChI is InChI=1S/C31H34Cl3N3O4S/c1-3-28(31(39)35-25-9-7-8-10-25)36(19-22-14-16-23(32)17-27(22)34)30(38)20-37(29-18-24(33)15-13-21(29)2)42(40,41)26-11-5-4-6-12-26/h4-6,11-18,25,28H,3,7-10,19-20H2,1-2H3,(H,35,39)/t28-/m0/s1. The molecular formula is C31H34Cl3N3O4S. The Morgan fingerprint density at radius 1 is 0.952 bits per heavy atom. The Balaban J connectivity index is 1.76. The van der Waals surface area contributed by atoms with Crippen molar-refractivity contribution in [2.45, 2.75) is 69.5 Å². The highest BCUT2D eigenvalue weighted by atomic mass is 35.5. The molecule has 3 aromatic carbocycles. The second-order valence-corrected chi connectivity index (χ2v) is 13.6. The number of nitrogens with zero attached hydrogens (tertiary/aromatic N) is 2. The van der Waals surface area contributed by atoms with Gasteiger partial charge in [-0.2, -0.15) is 0 Å². The van der Waals surface area contributed by atoms with Gasteiger partial charge in [-0.25, -0.2) is 8.42 Å². The second kappa shape index (κ2) is 14.1. The van der Waals surface area contributed by atoms with Crippen molar-refractivity contribution < 1.29 is 18.0 Å². The van der Waals surface area contributed by atoms with Crippen molar-refractivity contribution in [2.75, 3.05) is 10.8 Å². The van der Waals surface area contributed by atoms with E-state index in [9.17, 15) is 18.0 Å². The number of carbonyl (C=O) groups is 2. The normalized spacial score (nSPS) is 14.4. The van der Waals surface area contributed by atoms with Gasteiger partial charge in [0.25, 0.3) is 10.0 Å². The van der Waals surface area contributed by atoms with Gasteiger partial charge in [-0.1, -0.05) is 84.9 Å². The Morgan fingerprint density at radius 2 is 1.60 bits per heavy atom. The zero-order valence-electron chi connectivity index (χ0n) is 23.5. The highest BCUT2D eigenvalue weighted by Gasteiger charge is 2.35. The number of halogens is 3. The number of aryl methyl sites for hydroxylation is 1. The number of rotatable bonds is 11. The molecule has 1 fully saturated rings. The molecule has 7 nitrogen and oxygen atoms in total. The van der Waals surface area contributed by atoms with Crippen molar-refractivity contribution in [3.63, 3.8) is 0 Å². The average Bonchev–Trinajstić information content (AvgIpc) is 3.47. The van der Waals surface area contributed by atoms with E-state index in [0.29, 0.717) is 32.6 Å². The minimum absolute atomic E-state index is 0.0147. The van der Waals surface area contributed by atoms with Gasteiger partial charge in [-0.3, -0.25) is 13.9 Å². The molecule has 0 spiro atoms. The molecule has 1 atom stereocenters. The minimum Gasteiger partial charge on any atom is -0.352 e. The van der Waals surface area contributed by atoms with E-state index in [1.807, 2.05) is 6.92 Å². The first-order valence-corrected chi connectivity index (χ1v) is 16.5. The largest absolute Gasteiger partial charge is 0.352 e. The molecule has 3 aromatic rings. The van der Waals surface area contributed by atoms with Crippen molar-refractivity contribution in [2.24, 2.45) is 0 Å². The molecule has 1 saturated carbocycles. The van der Waals surface area contributed by atoms with Crippen LogP contribution in [0.2, 0.25) is 15.1 Å². The van der Waals surface area contributed by atoms with Gasteiger partial charge in [-0.05, 0) is 73.7 Å². The van der Waals surface area contributed by atoms with E-state index in [1.54, 1.807) is 55.5 Å². The first-order chi connectivity index (χ1) is 20.0. The first kappa shape index (κ1) is 32.1. The van der Waals surface area contributed by atoms with Crippen molar-refractivity contribution in [3.8, 4) is 0 Å². The fourth-order valence-electron chi connectivity index (χ4n) is 5.20. The van der Waals surface area contributed by atoms with E-state index in [2.05, 4.69) is 5.32 Å². The average molecular weight is 651 g/mol. The number of anilines is 1. The summed E-state index contributed by atoms with van der Waals surface area (Å²) in [6, 6.07) is 16.9. The number of hydrogen-bond donors (Lipinski definition) is 1. The maximum atomic E-state index is 14.3. The van der Waals surface area contributed by atoms with Gasteiger partial charge in [0.1, 0.15) is 12.6 Å². The lowest BCUT2D eigenvalue weighted by atomic mass is 10.1. The monoisotopic (exact) mass is 649 g/mol. The van der Waals surface area contributed by atoms with Crippen LogP contribution >= 0.6 is 34.8 Å². The molecule has 0 saturated heterocycles. The van der Waals surface area contributed by atoms with E-state index in [4.69, 9.17) is 34.8 Å². The molecule has 0 heterocycles. The Morgan fingerprint density at radius 3 is 2.24 bits per heavy atom. The van der Waals surface area contributed by atoms with Gasteiger partial charge in [-0.15, -0.1) is 0 Å². The molecule has 0 aliphatic heterocycles. The highest BCUT2D eigenvalue weighted by Crippen LogP contribution is 2.31. The van der Waals surface area contributed by atoms with Gasteiger partial charge >= 0.3 is 0 Å². The fraction of sp³-hybridized carbons (Fsp3) is 0.355. The zero-order chi connectivity index (χ0) is 30.4. The maximum absolute atomic E-state index is 14.3. The van der Waals surface area contributed by atoms with Crippen LogP contribution < -0.4 is 9.62 Å². The van der Waals surface area contributed by atoms with Crippen LogP contribution in [0.25, 0.3) is 0 Å². The lowest BCUT2D eigenvalue weighted by Crippen LogP contribution is -2.53. The molecule has 2 amide bonds. The number of amides is 2. The molecule has 1 aliphatic rings. The van der Waals surface area contributed by atoms with E-state index in [1.165, 1.54) is 23.1 Å². The summed E-state index contributed by atoms with van der Waals surface area (Å²) in [5, 5.41) is 4.19. The van der Waals surface area contributed by atoms with Crippen LogP contribution in [0.4, 0.5) is 5.69 Å². The molecule has 0 radical (unpaired) electrons. The molecule has 224 valence electrons. The van der Waals surface area contributed by atoms with Crippen LogP contribution in [-0.4, -0.2) is 43.8 Å². The third-order valence-corrected chi connectivity index (χ3v) is 10.1. The molecular weight excluding hydrogens is 617 g/mol.